The van der Waals surface area contributed by atoms with Crippen molar-refractivity contribution in [2.24, 2.45) is 0 Å². The number of rotatable bonds is 5. The van der Waals surface area contributed by atoms with Gasteiger partial charge in [-0.25, -0.2) is 13.1 Å². The fraction of sp³-hybridized carbons (Fsp3) is 1.00. The van der Waals surface area contributed by atoms with E-state index >= 15 is 0 Å². The molecule has 2 aliphatic rings. The summed E-state index contributed by atoms with van der Waals surface area (Å²) < 4.78 is 29.6. The minimum Gasteiger partial charge on any atom is -0.389 e. The molecule has 0 aromatic carbocycles. The highest BCUT2D eigenvalue weighted by molar-refractivity contribution is 7.88. The van der Waals surface area contributed by atoms with Gasteiger partial charge in [-0.3, -0.25) is 0 Å². The molecule has 2 fully saturated rings. The maximum absolute atomic E-state index is 10.9. The SMILES string of the molecule is CS(=O)(=O)NC[C@H]1OC[C@@H](NC2CCC2)[C@@H]1O. The minimum absolute atomic E-state index is 0.0772. The van der Waals surface area contributed by atoms with Crippen LogP contribution in [0.1, 0.15) is 19.3 Å². The molecule has 7 heteroatoms. The Labute approximate surface area is 102 Å². The molecule has 1 aliphatic carbocycles. The summed E-state index contributed by atoms with van der Waals surface area (Å²) >= 11 is 0. The minimum atomic E-state index is -3.23. The lowest BCUT2D eigenvalue weighted by Gasteiger charge is -2.30. The summed E-state index contributed by atoms with van der Waals surface area (Å²) in [6, 6.07) is 0.409. The quantitative estimate of drug-likeness (QED) is 0.581. The molecule has 1 saturated carbocycles. The average molecular weight is 264 g/mol. The third-order valence-electron chi connectivity index (χ3n) is 3.38. The lowest BCUT2D eigenvalue weighted by atomic mass is 9.92. The predicted molar refractivity (Wildman–Crippen MR) is 63.2 cm³/mol. The molecule has 2 rings (SSSR count). The number of aliphatic hydroxyl groups is 1. The Morgan fingerprint density at radius 2 is 2.12 bits per heavy atom. The van der Waals surface area contributed by atoms with E-state index in [9.17, 15) is 13.5 Å². The van der Waals surface area contributed by atoms with Crippen molar-refractivity contribution < 1.29 is 18.3 Å². The largest absolute Gasteiger partial charge is 0.389 e. The van der Waals surface area contributed by atoms with E-state index in [2.05, 4.69) is 10.0 Å². The van der Waals surface area contributed by atoms with E-state index in [1.807, 2.05) is 0 Å². The van der Waals surface area contributed by atoms with E-state index in [4.69, 9.17) is 4.74 Å². The lowest BCUT2D eigenvalue weighted by molar-refractivity contribution is 0.0436. The monoisotopic (exact) mass is 264 g/mol. The van der Waals surface area contributed by atoms with Crippen LogP contribution in [0.2, 0.25) is 0 Å². The number of ether oxygens (including phenoxy) is 1. The van der Waals surface area contributed by atoms with Crippen molar-refractivity contribution in [1.29, 1.82) is 0 Å². The highest BCUT2D eigenvalue weighted by atomic mass is 32.2. The van der Waals surface area contributed by atoms with Crippen LogP contribution in [0.15, 0.2) is 0 Å². The van der Waals surface area contributed by atoms with Crippen molar-refractivity contribution in [3.63, 3.8) is 0 Å². The molecule has 17 heavy (non-hydrogen) atoms. The number of sulfonamides is 1. The zero-order valence-electron chi connectivity index (χ0n) is 9.93. The van der Waals surface area contributed by atoms with Crippen molar-refractivity contribution in [2.75, 3.05) is 19.4 Å². The molecule has 6 nitrogen and oxygen atoms in total. The van der Waals surface area contributed by atoms with Gasteiger partial charge in [0.2, 0.25) is 10.0 Å². The van der Waals surface area contributed by atoms with Gasteiger partial charge in [0.15, 0.2) is 0 Å². The summed E-state index contributed by atoms with van der Waals surface area (Å²) in [6.07, 6.45) is 3.52. The maximum atomic E-state index is 10.9. The summed E-state index contributed by atoms with van der Waals surface area (Å²) in [4.78, 5) is 0. The van der Waals surface area contributed by atoms with Crippen molar-refractivity contribution >= 4 is 10.0 Å². The van der Waals surface area contributed by atoms with E-state index in [0.29, 0.717) is 12.6 Å². The van der Waals surface area contributed by atoms with E-state index in [0.717, 1.165) is 19.1 Å². The highest BCUT2D eigenvalue weighted by Gasteiger charge is 2.37. The van der Waals surface area contributed by atoms with Gasteiger partial charge in [-0.15, -0.1) is 0 Å². The van der Waals surface area contributed by atoms with Crippen LogP contribution >= 0.6 is 0 Å². The third-order valence-corrected chi connectivity index (χ3v) is 4.08. The van der Waals surface area contributed by atoms with Gasteiger partial charge in [0.25, 0.3) is 0 Å². The first kappa shape index (κ1) is 13.2. The highest BCUT2D eigenvalue weighted by Crippen LogP contribution is 2.22. The summed E-state index contributed by atoms with van der Waals surface area (Å²) in [7, 11) is -3.23. The van der Waals surface area contributed by atoms with Crippen LogP contribution in [0.25, 0.3) is 0 Å². The van der Waals surface area contributed by atoms with Crippen molar-refractivity contribution in [3.05, 3.63) is 0 Å². The molecular weight excluding hydrogens is 244 g/mol. The molecule has 100 valence electrons. The Bertz CT molecular complexity index is 355. The van der Waals surface area contributed by atoms with Crippen molar-refractivity contribution in [1.82, 2.24) is 10.0 Å². The molecule has 0 aromatic heterocycles. The average Bonchev–Trinajstić information content (AvgIpc) is 2.50. The number of aliphatic hydroxyl groups excluding tert-OH is 1. The topological polar surface area (TPSA) is 87.7 Å². The molecule has 1 heterocycles. The molecule has 3 atom stereocenters. The molecule has 0 unspecified atom stereocenters. The Hall–Kier alpha value is -0.210. The van der Waals surface area contributed by atoms with Gasteiger partial charge in [-0.2, -0.15) is 0 Å². The van der Waals surface area contributed by atoms with Gasteiger partial charge < -0.3 is 15.2 Å². The Morgan fingerprint density at radius 1 is 1.41 bits per heavy atom. The van der Waals surface area contributed by atoms with Crippen LogP contribution in [0.3, 0.4) is 0 Å². The van der Waals surface area contributed by atoms with Gasteiger partial charge in [0.1, 0.15) is 0 Å². The molecule has 0 amide bonds. The van der Waals surface area contributed by atoms with Crippen LogP contribution in [0.5, 0.6) is 0 Å². The summed E-state index contributed by atoms with van der Waals surface area (Å²) in [5.74, 6) is 0. The molecule has 0 bridgehead atoms. The summed E-state index contributed by atoms with van der Waals surface area (Å²) in [5.41, 5.74) is 0. The van der Waals surface area contributed by atoms with Gasteiger partial charge in [0.05, 0.1) is 31.1 Å². The Balaban J connectivity index is 1.77. The number of hydrogen-bond donors (Lipinski definition) is 3. The van der Waals surface area contributed by atoms with Gasteiger partial charge in [-0.05, 0) is 12.8 Å². The Kier molecular flexibility index (Phi) is 4.04. The summed E-state index contributed by atoms with van der Waals surface area (Å²) in [6.45, 7) is 0.566. The molecule has 3 N–H and O–H groups in total. The fourth-order valence-electron chi connectivity index (χ4n) is 2.12. The van der Waals surface area contributed by atoms with Crippen molar-refractivity contribution in [2.45, 2.75) is 43.6 Å². The molecule has 0 aromatic rings. The van der Waals surface area contributed by atoms with E-state index < -0.39 is 22.2 Å². The smallest absolute Gasteiger partial charge is 0.208 e. The second kappa shape index (κ2) is 5.19. The zero-order chi connectivity index (χ0) is 12.5. The van der Waals surface area contributed by atoms with E-state index in [-0.39, 0.29) is 12.6 Å². The van der Waals surface area contributed by atoms with Crippen LogP contribution in [-0.2, 0) is 14.8 Å². The summed E-state index contributed by atoms with van der Waals surface area (Å²) in [5, 5.41) is 13.3. The lowest BCUT2D eigenvalue weighted by Crippen LogP contribution is -2.50. The molecule has 0 spiro atoms. The number of nitrogens with one attached hydrogen (secondary N) is 2. The van der Waals surface area contributed by atoms with Crippen molar-refractivity contribution in [3.8, 4) is 0 Å². The van der Waals surface area contributed by atoms with Crippen LogP contribution < -0.4 is 10.0 Å². The van der Waals surface area contributed by atoms with Crippen LogP contribution in [-0.4, -0.2) is 57.2 Å². The maximum Gasteiger partial charge on any atom is 0.208 e. The number of hydrogen-bond acceptors (Lipinski definition) is 5. The molecule has 1 aliphatic heterocycles. The molecule has 1 saturated heterocycles. The van der Waals surface area contributed by atoms with Crippen LogP contribution in [0, 0.1) is 0 Å². The second-order valence-corrected chi connectivity index (χ2v) is 6.72. The zero-order valence-corrected chi connectivity index (χ0v) is 10.7. The fourth-order valence-corrected chi connectivity index (χ4v) is 2.59. The van der Waals surface area contributed by atoms with Crippen LogP contribution in [0.4, 0.5) is 0 Å². The standard InChI is InChI=1S/C10H20N2O4S/c1-17(14,15)11-5-9-10(13)8(6-16-9)12-7-3-2-4-7/h7-13H,2-6H2,1H3/t8-,9-,10+/m1/s1. The van der Waals surface area contributed by atoms with Gasteiger partial charge >= 0.3 is 0 Å². The van der Waals surface area contributed by atoms with Gasteiger partial charge in [0, 0.05) is 12.6 Å². The van der Waals surface area contributed by atoms with E-state index in [1.165, 1.54) is 6.42 Å². The second-order valence-electron chi connectivity index (χ2n) is 4.88. The molecule has 0 radical (unpaired) electrons. The Morgan fingerprint density at radius 3 is 2.65 bits per heavy atom. The third kappa shape index (κ3) is 3.62. The first-order valence-corrected chi connectivity index (χ1v) is 7.85. The first-order valence-electron chi connectivity index (χ1n) is 5.96. The predicted octanol–water partition coefficient (Wildman–Crippen LogP) is -1.19. The van der Waals surface area contributed by atoms with Gasteiger partial charge in [-0.1, -0.05) is 6.42 Å². The van der Waals surface area contributed by atoms with E-state index in [1.54, 1.807) is 0 Å². The molecular formula is C10H20N2O4S. The normalized spacial score (nSPS) is 34.8. The first-order chi connectivity index (χ1) is 7.96.